The van der Waals surface area contributed by atoms with Crippen LogP contribution in [0.5, 0.6) is 11.5 Å². The zero-order chi connectivity index (χ0) is 17.3. The Hall–Kier alpha value is -2.01. The van der Waals surface area contributed by atoms with Crippen molar-refractivity contribution >= 4 is 5.97 Å². The average Bonchev–Trinajstić information content (AvgIpc) is 2.94. The number of ether oxygens (including phenoxy) is 3. The van der Waals surface area contributed by atoms with E-state index in [1.165, 1.54) is 18.1 Å². The summed E-state index contributed by atoms with van der Waals surface area (Å²) in [5.41, 5.74) is 2.53. The molecule has 25 heavy (non-hydrogen) atoms. The lowest BCUT2D eigenvalue weighted by Crippen LogP contribution is -2.65. The zero-order valence-corrected chi connectivity index (χ0v) is 14.8. The van der Waals surface area contributed by atoms with Gasteiger partial charge in [-0.15, -0.1) is 0 Å². The quantitative estimate of drug-likeness (QED) is 0.609. The molecule has 5 atom stereocenters. The number of piperidine rings is 1. The Morgan fingerprint density at radius 1 is 1.36 bits per heavy atom. The second-order valence-electron chi connectivity index (χ2n) is 7.70. The van der Waals surface area contributed by atoms with Gasteiger partial charge in [-0.25, -0.2) is 0 Å². The van der Waals surface area contributed by atoms with Crippen LogP contribution in [0.25, 0.3) is 0 Å². The molecule has 5 heteroatoms. The maximum atomic E-state index is 11.6. The van der Waals surface area contributed by atoms with Crippen LogP contribution < -0.4 is 9.47 Å². The maximum Gasteiger partial charge on any atom is 0.303 e. The molecule has 1 saturated heterocycles. The minimum atomic E-state index is -0.346. The number of esters is 1. The Bertz CT molecular complexity index is 788. The number of likely N-dealkylation sites (N-methyl/N-ethyl adjacent to an activating group) is 1. The van der Waals surface area contributed by atoms with Crippen molar-refractivity contribution in [3.05, 3.63) is 35.4 Å². The molecule has 1 spiro atoms. The second-order valence-corrected chi connectivity index (χ2v) is 7.70. The minimum absolute atomic E-state index is 0.122. The Morgan fingerprint density at radius 2 is 2.20 bits per heavy atom. The molecule has 2 aliphatic carbocycles. The summed E-state index contributed by atoms with van der Waals surface area (Å²) in [4.78, 5) is 14.1. The Labute approximate surface area is 147 Å². The summed E-state index contributed by atoms with van der Waals surface area (Å²) < 4.78 is 17.7. The van der Waals surface area contributed by atoms with Crippen molar-refractivity contribution in [1.82, 2.24) is 4.90 Å². The summed E-state index contributed by atoms with van der Waals surface area (Å²) in [6, 6.07) is 4.65. The smallest absolute Gasteiger partial charge is 0.303 e. The molecule has 132 valence electrons. The van der Waals surface area contributed by atoms with Gasteiger partial charge < -0.3 is 19.1 Å². The van der Waals surface area contributed by atoms with Crippen LogP contribution in [0.1, 0.15) is 24.5 Å². The van der Waals surface area contributed by atoms with Crippen molar-refractivity contribution in [1.29, 1.82) is 0 Å². The van der Waals surface area contributed by atoms with Crippen LogP contribution in [0.4, 0.5) is 0 Å². The van der Waals surface area contributed by atoms with Crippen LogP contribution >= 0.6 is 0 Å². The van der Waals surface area contributed by atoms with Gasteiger partial charge in [-0.1, -0.05) is 12.1 Å². The number of likely N-dealkylation sites (tertiary alicyclic amines) is 1. The largest absolute Gasteiger partial charge is 0.493 e. The van der Waals surface area contributed by atoms with Gasteiger partial charge in [-0.05, 0) is 44.1 Å². The van der Waals surface area contributed by atoms with Gasteiger partial charge in [-0.3, -0.25) is 4.79 Å². The lowest BCUT2D eigenvalue weighted by atomic mass is 9.53. The first-order valence-corrected chi connectivity index (χ1v) is 8.99. The Balaban J connectivity index is 1.74. The summed E-state index contributed by atoms with van der Waals surface area (Å²) in [7, 11) is 3.89. The topological polar surface area (TPSA) is 48.0 Å². The third kappa shape index (κ3) is 1.79. The Morgan fingerprint density at radius 3 is 2.96 bits per heavy atom. The zero-order valence-electron chi connectivity index (χ0n) is 14.8. The lowest BCUT2D eigenvalue weighted by Gasteiger charge is -2.56. The van der Waals surface area contributed by atoms with E-state index in [2.05, 4.69) is 24.1 Å². The Kier molecular flexibility index (Phi) is 3.06. The molecule has 2 bridgehead atoms. The lowest BCUT2D eigenvalue weighted by molar-refractivity contribution is -0.152. The molecule has 1 fully saturated rings. The number of methoxy groups -OCH3 is 1. The fourth-order valence-electron chi connectivity index (χ4n) is 5.66. The van der Waals surface area contributed by atoms with E-state index in [1.54, 1.807) is 7.11 Å². The highest BCUT2D eigenvalue weighted by molar-refractivity contribution is 5.67. The highest BCUT2D eigenvalue weighted by Crippen LogP contribution is 2.62. The van der Waals surface area contributed by atoms with Crippen molar-refractivity contribution in [2.45, 2.75) is 43.4 Å². The molecule has 0 saturated carbocycles. The molecule has 1 unspecified atom stereocenters. The van der Waals surface area contributed by atoms with Crippen LogP contribution in [0.2, 0.25) is 0 Å². The molecule has 0 radical (unpaired) electrons. The first-order valence-electron chi connectivity index (χ1n) is 8.99. The number of carbonyl (C=O) groups is 1. The van der Waals surface area contributed by atoms with Gasteiger partial charge in [0, 0.05) is 29.9 Å². The second kappa shape index (κ2) is 5.01. The third-order valence-corrected chi connectivity index (χ3v) is 6.64. The molecule has 5 rings (SSSR count). The third-order valence-electron chi connectivity index (χ3n) is 6.64. The van der Waals surface area contributed by atoms with E-state index in [0.29, 0.717) is 12.0 Å². The fourth-order valence-corrected chi connectivity index (χ4v) is 5.66. The summed E-state index contributed by atoms with van der Waals surface area (Å²) in [5.74, 6) is 1.75. The summed E-state index contributed by atoms with van der Waals surface area (Å²) in [6.07, 6.45) is 5.81. The summed E-state index contributed by atoms with van der Waals surface area (Å²) in [5, 5.41) is 0. The number of rotatable bonds is 2. The molecular weight excluding hydrogens is 318 g/mol. The van der Waals surface area contributed by atoms with Crippen LogP contribution in [-0.2, 0) is 21.4 Å². The number of hydrogen-bond donors (Lipinski definition) is 0. The first-order chi connectivity index (χ1) is 12.1. The first kappa shape index (κ1) is 15.3. The van der Waals surface area contributed by atoms with Gasteiger partial charge >= 0.3 is 5.97 Å². The van der Waals surface area contributed by atoms with Crippen molar-refractivity contribution in [3.63, 3.8) is 0 Å². The van der Waals surface area contributed by atoms with Gasteiger partial charge in [0.25, 0.3) is 0 Å². The fraction of sp³-hybridized carbons (Fsp3) is 0.550. The van der Waals surface area contributed by atoms with E-state index < -0.39 is 0 Å². The van der Waals surface area contributed by atoms with E-state index in [9.17, 15) is 4.79 Å². The van der Waals surface area contributed by atoms with Gasteiger partial charge in [0.05, 0.1) is 7.11 Å². The predicted octanol–water partition coefficient (Wildman–Crippen LogP) is 2.07. The molecule has 1 aromatic carbocycles. The monoisotopic (exact) mass is 341 g/mol. The molecule has 4 aliphatic rings. The van der Waals surface area contributed by atoms with Gasteiger partial charge in [0.1, 0.15) is 6.10 Å². The van der Waals surface area contributed by atoms with E-state index in [1.807, 2.05) is 12.1 Å². The van der Waals surface area contributed by atoms with Crippen LogP contribution in [0.3, 0.4) is 0 Å². The normalized spacial score (nSPS) is 37.2. The van der Waals surface area contributed by atoms with E-state index in [0.717, 1.165) is 30.9 Å². The summed E-state index contributed by atoms with van der Waals surface area (Å²) in [6.45, 7) is 2.49. The predicted molar refractivity (Wildman–Crippen MR) is 92.0 cm³/mol. The van der Waals surface area contributed by atoms with Gasteiger partial charge in [-0.2, -0.15) is 0 Å². The number of hydrogen-bond acceptors (Lipinski definition) is 5. The molecular formula is C20H23NO4. The number of nitrogens with zero attached hydrogens (tertiary/aromatic N) is 1. The molecule has 2 aliphatic heterocycles. The van der Waals surface area contributed by atoms with Crippen molar-refractivity contribution < 1.29 is 19.0 Å². The van der Waals surface area contributed by atoms with E-state index >= 15 is 0 Å². The van der Waals surface area contributed by atoms with Crippen LogP contribution in [0.15, 0.2) is 24.3 Å². The highest BCUT2D eigenvalue weighted by Gasteiger charge is 2.65. The number of benzene rings is 1. The SMILES string of the molecule is COc1ccc2c3c1O[C@H]1C(OC(C)=O)C=C[C@H]4[C@@H](C2)N(C)CC[C@]314. The summed E-state index contributed by atoms with van der Waals surface area (Å²) >= 11 is 0. The standard InChI is InChI=1S/C20H23NO4/c1-11(22)24-16-7-5-13-14-10-12-4-6-15(23-3)18-17(12)20(13,19(16)25-18)8-9-21(14)2/h4-7,13-14,16,19H,8-10H2,1-3H3/t13-,14+,16?,19-,20-/m0/s1. The molecule has 0 N–H and O–H groups in total. The van der Waals surface area contributed by atoms with Crippen molar-refractivity contribution in [3.8, 4) is 11.5 Å². The molecule has 2 heterocycles. The van der Waals surface area contributed by atoms with Gasteiger partial charge in [0.2, 0.25) is 0 Å². The number of carbonyl (C=O) groups excluding carboxylic acids is 1. The average molecular weight is 341 g/mol. The van der Waals surface area contributed by atoms with Gasteiger partial charge in [0.15, 0.2) is 17.6 Å². The van der Waals surface area contributed by atoms with Crippen molar-refractivity contribution in [2.24, 2.45) is 5.92 Å². The van der Waals surface area contributed by atoms with E-state index in [4.69, 9.17) is 14.2 Å². The van der Waals surface area contributed by atoms with Crippen LogP contribution in [-0.4, -0.2) is 49.8 Å². The maximum absolute atomic E-state index is 11.6. The molecule has 5 nitrogen and oxygen atoms in total. The molecule has 1 aromatic rings. The van der Waals surface area contributed by atoms with Crippen molar-refractivity contribution in [2.75, 3.05) is 20.7 Å². The molecule has 0 aromatic heterocycles. The van der Waals surface area contributed by atoms with E-state index in [-0.39, 0.29) is 23.6 Å². The van der Waals surface area contributed by atoms with Crippen LogP contribution in [0, 0.1) is 5.92 Å². The minimum Gasteiger partial charge on any atom is -0.493 e. The molecule has 0 amide bonds. The highest BCUT2D eigenvalue weighted by atomic mass is 16.6.